The average molecular weight is 388 g/mol. The van der Waals surface area contributed by atoms with E-state index in [2.05, 4.69) is 36.5 Å². The Hall–Kier alpha value is -2.04. The molecule has 1 saturated carbocycles. The molecule has 0 atom stereocenters. The van der Waals surface area contributed by atoms with Gasteiger partial charge in [0.05, 0.1) is 17.0 Å². The summed E-state index contributed by atoms with van der Waals surface area (Å²) in [5.74, 6) is 0.619. The Bertz CT molecular complexity index is 783. The lowest BCUT2D eigenvalue weighted by Gasteiger charge is -2.28. The third-order valence-corrected chi connectivity index (χ3v) is 5.53. The molecule has 3 rings (SSSR count). The predicted octanol–water partition coefficient (Wildman–Crippen LogP) is 5.12. The minimum Gasteiger partial charge on any atom is -0.490 e. The minimum absolute atomic E-state index is 0.0352. The first-order valence-corrected chi connectivity index (χ1v) is 9.73. The van der Waals surface area contributed by atoms with E-state index in [1.807, 2.05) is 6.07 Å². The molecule has 0 spiro atoms. The molecule has 5 heteroatoms. The van der Waals surface area contributed by atoms with E-state index in [1.54, 1.807) is 19.2 Å². The van der Waals surface area contributed by atoms with Crippen LogP contribution < -0.4 is 10.1 Å². The van der Waals surface area contributed by atoms with Crippen LogP contribution in [0.4, 0.5) is 5.69 Å². The molecule has 0 aromatic heterocycles. The monoisotopic (exact) mass is 387 g/mol. The van der Waals surface area contributed by atoms with Crippen LogP contribution in [0.15, 0.2) is 42.5 Å². The van der Waals surface area contributed by atoms with Crippen LogP contribution in [0.1, 0.15) is 36.8 Å². The Balaban J connectivity index is 1.76. The molecule has 27 heavy (non-hydrogen) atoms. The van der Waals surface area contributed by atoms with Crippen molar-refractivity contribution in [3.8, 4) is 5.75 Å². The molecule has 1 aliphatic carbocycles. The zero-order valence-electron chi connectivity index (χ0n) is 15.9. The van der Waals surface area contributed by atoms with Crippen LogP contribution in [0.3, 0.4) is 0 Å². The van der Waals surface area contributed by atoms with Crippen LogP contribution in [0.2, 0.25) is 5.02 Å². The van der Waals surface area contributed by atoms with Crippen molar-refractivity contribution >= 4 is 23.2 Å². The Morgan fingerprint density at radius 2 is 1.81 bits per heavy atom. The van der Waals surface area contributed by atoms with Crippen molar-refractivity contribution in [1.29, 1.82) is 0 Å². The fraction of sp³-hybridized carbons (Fsp3) is 0.409. The number of hydrogen-bond donors (Lipinski definition) is 1. The maximum absolute atomic E-state index is 13.2. The van der Waals surface area contributed by atoms with Crippen molar-refractivity contribution in [3.05, 3.63) is 58.6 Å². The van der Waals surface area contributed by atoms with Gasteiger partial charge >= 0.3 is 0 Å². The number of ether oxygens (including phenoxy) is 2. The molecule has 1 N–H and O–H groups in total. The van der Waals surface area contributed by atoms with Crippen LogP contribution in [0.5, 0.6) is 5.75 Å². The van der Waals surface area contributed by atoms with E-state index in [-0.39, 0.29) is 5.91 Å². The molecular weight excluding hydrogens is 362 g/mol. The number of benzene rings is 2. The summed E-state index contributed by atoms with van der Waals surface area (Å²) in [4.78, 5) is 13.2. The molecule has 0 aliphatic heterocycles. The van der Waals surface area contributed by atoms with E-state index in [9.17, 15) is 4.79 Å². The van der Waals surface area contributed by atoms with Gasteiger partial charge in [-0.3, -0.25) is 4.79 Å². The summed E-state index contributed by atoms with van der Waals surface area (Å²) >= 11 is 6.30. The number of methoxy groups -OCH3 is 1. The van der Waals surface area contributed by atoms with Crippen molar-refractivity contribution in [1.82, 2.24) is 0 Å². The number of aryl methyl sites for hydroxylation is 1. The largest absolute Gasteiger partial charge is 0.490 e. The number of nitrogens with one attached hydrogen (secondary N) is 1. The van der Waals surface area contributed by atoms with Gasteiger partial charge in [-0.1, -0.05) is 54.3 Å². The van der Waals surface area contributed by atoms with E-state index >= 15 is 0 Å². The van der Waals surface area contributed by atoms with E-state index in [0.717, 1.165) is 31.2 Å². The maximum Gasteiger partial charge on any atom is 0.235 e. The SMILES string of the molecule is COCCOc1ccc(NC(=O)C2(c3ccc(C)cc3)CCCC2)cc1Cl. The molecular formula is C22H26ClNO3. The lowest BCUT2D eigenvalue weighted by Crippen LogP contribution is -2.38. The number of carbonyl (C=O) groups is 1. The van der Waals surface area contributed by atoms with Gasteiger partial charge in [0.15, 0.2) is 0 Å². The molecule has 1 aliphatic rings. The number of rotatable bonds is 7. The minimum atomic E-state index is -0.464. The van der Waals surface area contributed by atoms with Crippen molar-refractivity contribution in [2.75, 3.05) is 25.6 Å². The van der Waals surface area contributed by atoms with Crippen molar-refractivity contribution in [2.24, 2.45) is 0 Å². The summed E-state index contributed by atoms with van der Waals surface area (Å²) in [7, 11) is 1.62. The van der Waals surface area contributed by atoms with Gasteiger partial charge in [-0.25, -0.2) is 0 Å². The Kier molecular flexibility index (Phi) is 6.40. The standard InChI is InChI=1S/C22H26ClNO3/c1-16-5-7-17(8-6-16)22(11-3-4-12-22)21(25)24-18-9-10-20(19(23)15-18)27-14-13-26-2/h5-10,15H,3-4,11-14H2,1-2H3,(H,24,25). The molecule has 0 heterocycles. The molecule has 0 bridgehead atoms. The molecule has 144 valence electrons. The summed E-state index contributed by atoms with van der Waals surface area (Å²) < 4.78 is 10.5. The average Bonchev–Trinajstić information content (AvgIpc) is 3.15. The van der Waals surface area contributed by atoms with Crippen LogP contribution in [0.25, 0.3) is 0 Å². The van der Waals surface area contributed by atoms with Gasteiger partial charge in [0.1, 0.15) is 12.4 Å². The van der Waals surface area contributed by atoms with Gasteiger partial charge < -0.3 is 14.8 Å². The molecule has 0 unspecified atom stereocenters. The van der Waals surface area contributed by atoms with Gasteiger partial charge in [0, 0.05) is 12.8 Å². The highest BCUT2D eigenvalue weighted by molar-refractivity contribution is 6.32. The van der Waals surface area contributed by atoms with Gasteiger partial charge in [0.2, 0.25) is 5.91 Å². The smallest absolute Gasteiger partial charge is 0.235 e. The zero-order valence-corrected chi connectivity index (χ0v) is 16.6. The fourth-order valence-electron chi connectivity index (χ4n) is 3.68. The van der Waals surface area contributed by atoms with Gasteiger partial charge in [-0.15, -0.1) is 0 Å². The number of halogens is 1. The van der Waals surface area contributed by atoms with Gasteiger partial charge in [-0.2, -0.15) is 0 Å². The van der Waals surface area contributed by atoms with Gasteiger partial charge in [0.25, 0.3) is 0 Å². The Morgan fingerprint density at radius 1 is 1.11 bits per heavy atom. The fourth-order valence-corrected chi connectivity index (χ4v) is 3.91. The first kappa shape index (κ1) is 19.7. The molecule has 1 amide bonds. The molecule has 2 aromatic carbocycles. The maximum atomic E-state index is 13.2. The Labute approximate surface area is 165 Å². The van der Waals surface area contributed by atoms with E-state index in [0.29, 0.717) is 29.7 Å². The summed E-state index contributed by atoms with van der Waals surface area (Å²) in [6, 6.07) is 13.7. The quantitative estimate of drug-likeness (QED) is 0.670. The zero-order chi connectivity index (χ0) is 19.3. The van der Waals surface area contributed by atoms with Crippen LogP contribution in [0, 0.1) is 6.92 Å². The highest BCUT2D eigenvalue weighted by Crippen LogP contribution is 2.42. The summed E-state index contributed by atoms with van der Waals surface area (Å²) in [6.45, 7) is 2.98. The molecule has 0 radical (unpaired) electrons. The van der Waals surface area contributed by atoms with Crippen LogP contribution in [-0.4, -0.2) is 26.2 Å². The topological polar surface area (TPSA) is 47.6 Å². The second kappa shape index (κ2) is 8.77. The summed E-state index contributed by atoms with van der Waals surface area (Å²) in [6.07, 6.45) is 3.87. The molecule has 0 saturated heterocycles. The van der Waals surface area contributed by atoms with E-state index in [4.69, 9.17) is 21.1 Å². The first-order chi connectivity index (χ1) is 13.0. The highest BCUT2D eigenvalue weighted by atomic mass is 35.5. The third kappa shape index (κ3) is 4.45. The van der Waals surface area contributed by atoms with E-state index in [1.165, 1.54) is 5.56 Å². The summed E-state index contributed by atoms with van der Waals surface area (Å²) in [5, 5.41) is 3.54. The first-order valence-electron chi connectivity index (χ1n) is 9.35. The molecule has 2 aromatic rings. The van der Waals surface area contributed by atoms with Gasteiger partial charge in [-0.05, 0) is 43.5 Å². The van der Waals surface area contributed by atoms with Crippen molar-refractivity contribution < 1.29 is 14.3 Å². The number of hydrogen-bond acceptors (Lipinski definition) is 3. The number of carbonyl (C=O) groups excluding carboxylic acids is 1. The third-order valence-electron chi connectivity index (χ3n) is 5.23. The predicted molar refractivity (Wildman–Crippen MR) is 109 cm³/mol. The second-order valence-electron chi connectivity index (χ2n) is 7.10. The molecule has 1 fully saturated rings. The second-order valence-corrected chi connectivity index (χ2v) is 7.50. The lowest BCUT2D eigenvalue weighted by molar-refractivity contribution is -0.121. The Morgan fingerprint density at radius 3 is 2.44 bits per heavy atom. The number of amides is 1. The van der Waals surface area contributed by atoms with Crippen molar-refractivity contribution in [2.45, 2.75) is 38.0 Å². The van der Waals surface area contributed by atoms with E-state index < -0.39 is 5.41 Å². The lowest BCUT2D eigenvalue weighted by atomic mass is 9.77. The number of anilines is 1. The molecule has 4 nitrogen and oxygen atoms in total. The van der Waals surface area contributed by atoms with Crippen LogP contribution >= 0.6 is 11.6 Å². The normalized spacial score (nSPS) is 15.5. The summed E-state index contributed by atoms with van der Waals surface area (Å²) in [5.41, 5.74) is 2.51. The highest BCUT2D eigenvalue weighted by Gasteiger charge is 2.42. The van der Waals surface area contributed by atoms with Crippen LogP contribution in [-0.2, 0) is 14.9 Å². The van der Waals surface area contributed by atoms with Crippen molar-refractivity contribution in [3.63, 3.8) is 0 Å².